The first-order valence-electron chi connectivity index (χ1n) is 4.75. The number of rotatable bonds is 0. The third kappa shape index (κ3) is 1.15. The van der Waals surface area contributed by atoms with E-state index >= 15 is 0 Å². The molecule has 3 aromatic rings. The molecular formula is C12H9ClN2. The number of aromatic nitrogens is 2. The van der Waals surface area contributed by atoms with Gasteiger partial charge in [0.15, 0.2) is 0 Å². The lowest BCUT2D eigenvalue weighted by Gasteiger charge is -1.96. The Balaban J connectivity index is 2.63. The maximum Gasteiger partial charge on any atom is 0.0675 e. The van der Waals surface area contributed by atoms with Crippen LogP contribution in [0.2, 0.25) is 5.02 Å². The van der Waals surface area contributed by atoms with Gasteiger partial charge in [-0.25, -0.2) is 0 Å². The first-order valence-corrected chi connectivity index (χ1v) is 5.13. The van der Waals surface area contributed by atoms with Crippen LogP contribution < -0.4 is 0 Å². The lowest BCUT2D eigenvalue weighted by atomic mass is 10.2. The molecule has 0 amide bonds. The second kappa shape index (κ2) is 2.97. The molecule has 3 heteroatoms. The quantitative estimate of drug-likeness (QED) is 0.563. The molecule has 0 radical (unpaired) electrons. The highest BCUT2D eigenvalue weighted by atomic mass is 35.5. The predicted molar refractivity (Wildman–Crippen MR) is 63.2 cm³/mol. The van der Waals surface area contributed by atoms with Gasteiger partial charge in [-0.3, -0.25) is 4.98 Å². The standard InChI is InChI=1S/C12H9ClN2/c1-15-11-6-8(13)2-3-9(11)10-4-5-14-7-12(10)15/h2-7H,1H3. The highest BCUT2D eigenvalue weighted by Crippen LogP contribution is 2.28. The van der Waals surface area contributed by atoms with Gasteiger partial charge in [0.05, 0.1) is 17.2 Å². The van der Waals surface area contributed by atoms with Crippen LogP contribution in [0.15, 0.2) is 36.7 Å². The molecule has 0 atom stereocenters. The van der Waals surface area contributed by atoms with Crippen LogP contribution in [0.1, 0.15) is 0 Å². The summed E-state index contributed by atoms with van der Waals surface area (Å²) in [5.74, 6) is 0. The van der Waals surface area contributed by atoms with Crippen molar-refractivity contribution in [3.8, 4) is 0 Å². The largest absolute Gasteiger partial charge is 0.342 e. The van der Waals surface area contributed by atoms with E-state index in [1.807, 2.05) is 37.6 Å². The summed E-state index contributed by atoms with van der Waals surface area (Å²) in [5, 5.41) is 3.21. The zero-order chi connectivity index (χ0) is 10.4. The van der Waals surface area contributed by atoms with Gasteiger partial charge in [-0.1, -0.05) is 17.7 Å². The Kier molecular flexibility index (Phi) is 1.73. The molecule has 0 N–H and O–H groups in total. The molecule has 2 aromatic heterocycles. The van der Waals surface area contributed by atoms with E-state index in [1.54, 1.807) is 0 Å². The van der Waals surface area contributed by atoms with Gasteiger partial charge in [0.2, 0.25) is 0 Å². The summed E-state index contributed by atoms with van der Waals surface area (Å²) < 4.78 is 2.11. The van der Waals surface area contributed by atoms with Crippen molar-refractivity contribution in [3.63, 3.8) is 0 Å². The smallest absolute Gasteiger partial charge is 0.0675 e. The highest BCUT2D eigenvalue weighted by Gasteiger charge is 2.07. The van der Waals surface area contributed by atoms with Crippen LogP contribution in [-0.4, -0.2) is 9.55 Å². The topological polar surface area (TPSA) is 17.8 Å². The van der Waals surface area contributed by atoms with Gasteiger partial charge in [-0.2, -0.15) is 0 Å². The zero-order valence-electron chi connectivity index (χ0n) is 8.24. The number of pyridine rings is 1. The second-order valence-electron chi connectivity index (χ2n) is 3.61. The zero-order valence-corrected chi connectivity index (χ0v) is 8.99. The van der Waals surface area contributed by atoms with E-state index in [4.69, 9.17) is 11.6 Å². The molecule has 3 rings (SSSR count). The van der Waals surface area contributed by atoms with E-state index in [1.165, 1.54) is 10.8 Å². The van der Waals surface area contributed by atoms with Crippen molar-refractivity contribution in [1.29, 1.82) is 0 Å². The Bertz CT molecular complexity index is 655. The third-order valence-electron chi connectivity index (χ3n) is 2.77. The van der Waals surface area contributed by atoms with Gasteiger partial charge >= 0.3 is 0 Å². The Morgan fingerprint density at radius 3 is 2.80 bits per heavy atom. The summed E-state index contributed by atoms with van der Waals surface area (Å²) >= 11 is 5.99. The molecule has 0 aliphatic rings. The van der Waals surface area contributed by atoms with E-state index < -0.39 is 0 Å². The van der Waals surface area contributed by atoms with Gasteiger partial charge < -0.3 is 4.57 Å². The van der Waals surface area contributed by atoms with Crippen molar-refractivity contribution < 1.29 is 0 Å². The molecule has 0 aliphatic heterocycles. The predicted octanol–water partition coefficient (Wildman–Crippen LogP) is 3.38. The summed E-state index contributed by atoms with van der Waals surface area (Å²) in [5.41, 5.74) is 2.28. The van der Waals surface area contributed by atoms with Crippen LogP contribution in [0.3, 0.4) is 0 Å². The molecule has 2 nitrogen and oxygen atoms in total. The van der Waals surface area contributed by atoms with E-state index in [-0.39, 0.29) is 0 Å². The first-order chi connectivity index (χ1) is 7.27. The number of benzene rings is 1. The summed E-state index contributed by atoms with van der Waals surface area (Å²) in [6.07, 6.45) is 3.69. The number of aryl methyl sites for hydroxylation is 1. The lowest BCUT2D eigenvalue weighted by molar-refractivity contribution is 1.01. The van der Waals surface area contributed by atoms with E-state index in [9.17, 15) is 0 Å². The summed E-state index contributed by atoms with van der Waals surface area (Å²) in [6, 6.07) is 7.99. The van der Waals surface area contributed by atoms with Crippen LogP contribution in [0.5, 0.6) is 0 Å². The Morgan fingerprint density at radius 2 is 1.93 bits per heavy atom. The maximum atomic E-state index is 5.99. The van der Waals surface area contributed by atoms with E-state index in [0.29, 0.717) is 0 Å². The second-order valence-corrected chi connectivity index (χ2v) is 4.05. The normalized spacial score (nSPS) is 11.3. The Hall–Kier alpha value is -1.54. The van der Waals surface area contributed by atoms with Crippen LogP contribution >= 0.6 is 11.6 Å². The minimum Gasteiger partial charge on any atom is -0.342 e. The molecule has 2 heterocycles. The number of nitrogens with zero attached hydrogens (tertiary/aromatic N) is 2. The molecule has 74 valence electrons. The Morgan fingerprint density at radius 1 is 1.13 bits per heavy atom. The van der Waals surface area contributed by atoms with E-state index in [0.717, 1.165) is 16.1 Å². The number of fused-ring (bicyclic) bond motifs is 3. The molecule has 1 aromatic carbocycles. The maximum absolute atomic E-state index is 5.99. The van der Waals surface area contributed by atoms with Crippen molar-refractivity contribution in [3.05, 3.63) is 41.7 Å². The first kappa shape index (κ1) is 8.74. The fourth-order valence-corrected chi connectivity index (χ4v) is 2.19. The van der Waals surface area contributed by atoms with Gasteiger partial charge in [0.1, 0.15) is 0 Å². The molecule has 0 saturated carbocycles. The van der Waals surface area contributed by atoms with Crippen molar-refractivity contribution in [1.82, 2.24) is 9.55 Å². The molecular weight excluding hydrogens is 208 g/mol. The molecule has 0 unspecified atom stereocenters. The fraction of sp³-hybridized carbons (Fsp3) is 0.0833. The summed E-state index contributed by atoms with van der Waals surface area (Å²) in [4.78, 5) is 4.14. The fourth-order valence-electron chi connectivity index (χ4n) is 2.02. The highest BCUT2D eigenvalue weighted by molar-refractivity contribution is 6.31. The minimum atomic E-state index is 0.765. The van der Waals surface area contributed by atoms with Gasteiger partial charge in [-0.05, 0) is 18.2 Å². The van der Waals surface area contributed by atoms with Gasteiger partial charge in [-0.15, -0.1) is 0 Å². The van der Waals surface area contributed by atoms with Crippen molar-refractivity contribution in [2.75, 3.05) is 0 Å². The SMILES string of the molecule is Cn1c2cnccc2c2ccc(Cl)cc21. The van der Waals surface area contributed by atoms with Crippen LogP contribution in [0.4, 0.5) is 0 Å². The number of halogens is 1. The number of hydrogen-bond acceptors (Lipinski definition) is 1. The molecule has 0 bridgehead atoms. The third-order valence-corrected chi connectivity index (χ3v) is 3.01. The van der Waals surface area contributed by atoms with Crippen molar-refractivity contribution in [2.24, 2.45) is 7.05 Å². The average molecular weight is 217 g/mol. The number of hydrogen-bond donors (Lipinski definition) is 0. The van der Waals surface area contributed by atoms with Crippen LogP contribution in [0.25, 0.3) is 21.8 Å². The van der Waals surface area contributed by atoms with E-state index in [2.05, 4.69) is 15.6 Å². The average Bonchev–Trinajstić information content (AvgIpc) is 2.54. The molecule has 15 heavy (non-hydrogen) atoms. The van der Waals surface area contributed by atoms with Crippen LogP contribution in [0, 0.1) is 0 Å². The van der Waals surface area contributed by atoms with Gasteiger partial charge in [0, 0.05) is 29.0 Å². The lowest BCUT2D eigenvalue weighted by Crippen LogP contribution is -1.86. The van der Waals surface area contributed by atoms with Crippen molar-refractivity contribution in [2.45, 2.75) is 0 Å². The van der Waals surface area contributed by atoms with Crippen molar-refractivity contribution >= 4 is 33.4 Å². The Labute approximate surface area is 92.1 Å². The van der Waals surface area contributed by atoms with Crippen LogP contribution in [-0.2, 0) is 7.05 Å². The molecule has 0 aliphatic carbocycles. The molecule has 0 spiro atoms. The minimum absolute atomic E-state index is 0.765. The summed E-state index contributed by atoms with van der Waals surface area (Å²) in [6.45, 7) is 0. The molecule has 0 saturated heterocycles. The summed E-state index contributed by atoms with van der Waals surface area (Å²) in [7, 11) is 2.03. The monoisotopic (exact) mass is 216 g/mol. The molecule has 0 fully saturated rings. The van der Waals surface area contributed by atoms with Gasteiger partial charge in [0.25, 0.3) is 0 Å².